The number of fused-ring (bicyclic) bond motifs is 1. The van der Waals surface area contributed by atoms with Gasteiger partial charge in [-0.1, -0.05) is 93.3 Å². The zero-order valence-corrected chi connectivity index (χ0v) is 30.1. The van der Waals surface area contributed by atoms with Crippen molar-refractivity contribution >= 4 is 45.9 Å². The van der Waals surface area contributed by atoms with E-state index in [2.05, 4.69) is 20.6 Å². The number of nitrogens with zero attached hydrogens (tertiary/aromatic N) is 5. The molecule has 2 aromatic carbocycles. The summed E-state index contributed by atoms with van der Waals surface area (Å²) in [6.07, 6.45) is 10.2. The van der Waals surface area contributed by atoms with Gasteiger partial charge in [0.1, 0.15) is 22.9 Å². The van der Waals surface area contributed by atoms with Crippen molar-refractivity contribution in [1.29, 1.82) is 0 Å². The van der Waals surface area contributed by atoms with Gasteiger partial charge in [-0.25, -0.2) is 9.67 Å². The summed E-state index contributed by atoms with van der Waals surface area (Å²) in [7, 11) is 0. The number of likely N-dealkylation sites (tertiary alicyclic amines) is 1. The number of ketones is 1. The number of hydrogen-bond acceptors (Lipinski definition) is 8. The Kier molecular flexibility index (Phi) is 11.0. The molecule has 0 unspecified atom stereocenters. The van der Waals surface area contributed by atoms with Gasteiger partial charge in [0.2, 0.25) is 11.7 Å². The number of amides is 4. The number of rotatable bonds is 10. The number of carbonyl (C=O) groups excluding carboxylic acids is 5. The maximum Gasteiger partial charge on any atom is 0.287 e. The first-order chi connectivity index (χ1) is 24.9. The Morgan fingerprint density at radius 1 is 0.962 bits per heavy atom. The molecule has 3 fully saturated rings. The van der Waals surface area contributed by atoms with Crippen LogP contribution in [0.3, 0.4) is 0 Å². The summed E-state index contributed by atoms with van der Waals surface area (Å²) in [6.45, 7) is 3.21. The van der Waals surface area contributed by atoms with Crippen LogP contribution in [0, 0.1) is 5.92 Å². The summed E-state index contributed by atoms with van der Waals surface area (Å²) in [5.41, 5.74) is 3.52. The third kappa shape index (κ3) is 7.99. The molecule has 0 bridgehead atoms. The molecule has 6 rings (SSSR count). The Morgan fingerprint density at radius 2 is 1.63 bits per heavy atom. The Morgan fingerprint density at radius 3 is 2.31 bits per heavy atom. The lowest BCUT2D eigenvalue weighted by atomic mass is 9.84. The minimum atomic E-state index is -1.48. The van der Waals surface area contributed by atoms with Gasteiger partial charge >= 0.3 is 0 Å². The Bertz CT molecular complexity index is 1860. The third-order valence-corrected chi connectivity index (χ3v) is 11.1. The van der Waals surface area contributed by atoms with Gasteiger partial charge in [0.15, 0.2) is 0 Å². The normalized spacial score (nSPS) is 21.4. The van der Waals surface area contributed by atoms with E-state index >= 15 is 0 Å². The lowest BCUT2D eigenvalue weighted by molar-refractivity contribution is -0.143. The molecule has 1 aromatic heterocycles. The van der Waals surface area contributed by atoms with Gasteiger partial charge in [-0.15, -0.1) is 5.10 Å². The van der Waals surface area contributed by atoms with E-state index < -0.39 is 52.6 Å². The number of aromatic nitrogens is 3. The standard InChI is InChI=1S/C39H49N7O6/c1-38(2,52)32-23-41-44-46(32)29-22-31(36(50)43-39(33(47)34(40)48)18-10-3-4-11-19-39)45(24-29)37(51)30(20-25-12-6-5-7-13-25)42-35(49)28-17-16-26-14-8-9-15-27(26)21-28/h8-9,14-17,21,23,25,29,31,52H,3-7,10-13,18-20,22,24H2,1-2H3,(H2,40,48)(H,43,50)/t29-,31-/m0/s1. The van der Waals surface area contributed by atoms with Gasteiger partial charge in [0, 0.05) is 18.5 Å². The highest BCUT2D eigenvalue weighted by Crippen LogP contribution is 2.35. The van der Waals surface area contributed by atoms with Crippen LogP contribution in [0.2, 0.25) is 0 Å². The largest absolute Gasteiger partial charge is 0.384 e. The van der Waals surface area contributed by atoms with Crippen molar-refractivity contribution in [1.82, 2.24) is 25.2 Å². The van der Waals surface area contributed by atoms with Crippen LogP contribution in [0.25, 0.3) is 10.8 Å². The van der Waals surface area contributed by atoms with Crippen LogP contribution < -0.4 is 11.1 Å². The van der Waals surface area contributed by atoms with Crippen molar-refractivity contribution in [2.45, 2.75) is 121 Å². The van der Waals surface area contributed by atoms with Crippen LogP contribution in [-0.2, 0) is 24.8 Å². The molecule has 1 aliphatic heterocycles. The molecule has 13 heteroatoms. The molecule has 52 heavy (non-hydrogen) atoms. The van der Waals surface area contributed by atoms with Crippen molar-refractivity contribution in [2.24, 2.45) is 16.6 Å². The molecule has 4 N–H and O–H groups in total. The Balaban J connectivity index is 1.37. The van der Waals surface area contributed by atoms with E-state index in [1.165, 1.54) is 15.8 Å². The van der Waals surface area contributed by atoms with E-state index in [1.807, 2.05) is 30.3 Å². The average molecular weight is 712 g/mol. The van der Waals surface area contributed by atoms with Gasteiger partial charge < -0.3 is 21.1 Å². The molecular weight excluding hydrogens is 662 g/mol. The monoisotopic (exact) mass is 711 g/mol. The maximum atomic E-state index is 14.8. The molecule has 4 amide bonds. The van der Waals surface area contributed by atoms with Gasteiger partial charge in [0.05, 0.1) is 17.9 Å². The SMILES string of the molecule is CC(C)(O)c1cnnn1[C@H]1C[C@@H](C(=O)NC2(C(=O)C(N)=O)CCCCCC2)N(C(=O)C(CC2CCCCC2)=NC(=O)c2ccc3ccccc3c2)C1. The fourth-order valence-electron chi connectivity index (χ4n) is 8.23. The number of carbonyl (C=O) groups is 5. The van der Waals surface area contributed by atoms with Crippen molar-refractivity contribution in [2.75, 3.05) is 6.54 Å². The van der Waals surface area contributed by atoms with E-state index in [0.29, 0.717) is 24.1 Å². The van der Waals surface area contributed by atoms with Gasteiger partial charge in [-0.05, 0) is 61.9 Å². The van der Waals surface area contributed by atoms with Crippen LogP contribution in [0.15, 0.2) is 53.7 Å². The van der Waals surface area contributed by atoms with E-state index in [1.54, 1.807) is 26.0 Å². The molecule has 2 aliphatic carbocycles. The molecule has 13 nitrogen and oxygen atoms in total. The van der Waals surface area contributed by atoms with Crippen LogP contribution in [0.1, 0.15) is 119 Å². The van der Waals surface area contributed by atoms with Gasteiger partial charge in [-0.2, -0.15) is 0 Å². The van der Waals surface area contributed by atoms with E-state index in [9.17, 15) is 29.1 Å². The zero-order valence-electron chi connectivity index (χ0n) is 30.1. The lowest BCUT2D eigenvalue weighted by Crippen LogP contribution is -2.61. The highest BCUT2D eigenvalue weighted by atomic mass is 16.3. The molecule has 1 saturated heterocycles. The first-order valence-electron chi connectivity index (χ1n) is 18.6. The fourth-order valence-corrected chi connectivity index (χ4v) is 8.23. The zero-order chi connectivity index (χ0) is 37.0. The second-order valence-corrected chi connectivity index (χ2v) is 15.3. The summed E-state index contributed by atoms with van der Waals surface area (Å²) in [5, 5.41) is 23.9. The Labute approximate surface area is 303 Å². The van der Waals surface area contributed by atoms with Gasteiger partial charge in [0.25, 0.3) is 17.7 Å². The minimum Gasteiger partial charge on any atom is -0.384 e. The third-order valence-electron chi connectivity index (χ3n) is 11.1. The average Bonchev–Trinajstić information content (AvgIpc) is 3.75. The van der Waals surface area contributed by atoms with Crippen LogP contribution >= 0.6 is 0 Å². The summed E-state index contributed by atoms with van der Waals surface area (Å²) in [5.74, 6) is -3.53. The van der Waals surface area contributed by atoms with E-state index in [0.717, 1.165) is 55.7 Å². The Hall–Kier alpha value is -4.78. The molecule has 0 spiro atoms. The first kappa shape index (κ1) is 37.0. The van der Waals surface area contributed by atoms with E-state index in [-0.39, 0.29) is 43.9 Å². The molecule has 276 valence electrons. The maximum absolute atomic E-state index is 14.8. The smallest absolute Gasteiger partial charge is 0.287 e. The number of benzene rings is 2. The number of hydrogen-bond donors (Lipinski definition) is 3. The quantitative estimate of drug-likeness (QED) is 0.157. The first-order valence-corrected chi connectivity index (χ1v) is 18.6. The van der Waals surface area contributed by atoms with E-state index in [4.69, 9.17) is 5.73 Å². The van der Waals surface area contributed by atoms with Crippen molar-refractivity contribution < 1.29 is 29.1 Å². The van der Waals surface area contributed by atoms with Crippen molar-refractivity contribution in [3.8, 4) is 0 Å². The summed E-state index contributed by atoms with van der Waals surface area (Å²) < 4.78 is 1.53. The number of primary amides is 1. The van der Waals surface area contributed by atoms with Crippen LogP contribution in [-0.4, -0.2) is 78.2 Å². The molecule has 2 heterocycles. The number of nitrogens with one attached hydrogen (secondary N) is 1. The molecule has 3 aliphatic rings. The minimum absolute atomic E-state index is 0.00791. The molecule has 2 atom stereocenters. The van der Waals surface area contributed by atoms with Crippen LogP contribution in [0.4, 0.5) is 0 Å². The highest BCUT2D eigenvalue weighted by molar-refractivity contribution is 6.41. The predicted molar refractivity (Wildman–Crippen MR) is 194 cm³/mol. The topological polar surface area (TPSA) is 190 Å². The van der Waals surface area contributed by atoms with Crippen molar-refractivity contribution in [3.05, 3.63) is 59.9 Å². The summed E-state index contributed by atoms with van der Waals surface area (Å²) >= 11 is 0. The molecule has 3 aromatic rings. The summed E-state index contributed by atoms with van der Waals surface area (Å²) in [6, 6.07) is 11.3. The van der Waals surface area contributed by atoms with Gasteiger partial charge in [-0.3, -0.25) is 24.0 Å². The summed E-state index contributed by atoms with van der Waals surface area (Å²) in [4.78, 5) is 74.5. The van der Waals surface area contributed by atoms with Crippen molar-refractivity contribution in [3.63, 3.8) is 0 Å². The second-order valence-electron chi connectivity index (χ2n) is 15.3. The number of aliphatic hydroxyl groups is 1. The number of Topliss-reactive ketones (excluding diaryl/α,β-unsaturated/α-hetero) is 1. The predicted octanol–water partition coefficient (Wildman–Crippen LogP) is 4.32. The lowest BCUT2D eigenvalue weighted by Gasteiger charge is -2.34. The molecular formula is C39H49N7O6. The number of nitrogens with two attached hydrogens (primary N) is 1. The highest BCUT2D eigenvalue weighted by Gasteiger charge is 2.48. The molecule has 2 saturated carbocycles. The number of aliphatic imine (C=N–C) groups is 1. The van der Waals surface area contributed by atoms with Crippen LogP contribution in [0.5, 0.6) is 0 Å². The second kappa shape index (κ2) is 15.4. The fraction of sp³-hybridized carbons (Fsp3) is 0.538. The molecule has 0 radical (unpaired) electrons.